The van der Waals surface area contributed by atoms with E-state index in [0.717, 1.165) is 42.3 Å². The minimum Gasteiger partial charge on any atom is -0.497 e. The molecule has 0 radical (unpaired) electrons. The normalized spacial score (nSPS) is 14.8. The van der Waals surface area contributed by atoms with Crippen LogP contribution in [-0.4, -0.2) is 51.3 Å². The summed E-state index contributed by atoms with van der Waals surface area (Å²) in [6.07, 6.45) is 4.28. The van der Waals surface area contributed by atoms with Gasteiger partial charge < -0.3 is 10.1 Å². The number of hydrogen-bond acceptors (Lipinski definition) is 8. The maximum Gasteiger partial charge on any atom is 0.279 e. The summed E-state index contributed by atoms with van der Waals surface area (Å²) >= 11 is 1.34. The molecule has 1 aliphatic rings. The zero-order chi connectivity index (χ0) is 19.3. The fraction of sp³-hybridized carbons (Fsp3) is 0.389. The number of hydrogen-bond donors (Lipinski definition) is 2. The van der Waals surface area contributed by atoms with Crippen LogP contribution >= 0.6 is 11.3 Å². The Hall–Kier alpha value is -2.85. The van der Waals surface area contributed by atoms with Gasteiger partial charge in [-0.2, -0.15) is 0 Å². The Morgan fingerprint density at radius 2 is 2.18 bits per heavy atom. The molecule has 0 atom stereocenters. The van der Waals surface area contributed by atoms with Gasteiger partial charge in [-0.3, -0.25) is 10.1 Å². The lowest BCUT2D eigenvalue weighted by molar-refractivity contribution is 0.102. The molecule has 146 valence electrons. The number of anilines is 1. The standard InChI is InChI=1S/C18H21N7O2S/c1-27-14-4-2-3-12(9-14)10-16-22-23-18(28-16)20-17(26)15-11-25(24-21-15)13-5-7-19-8-6-13/h2-4,9,11,13,19H,5-8,10H2,1H3,(H,20,23,26). The number of nitrogens with one attached hydrogen (secondary N) is 2. The minimum absolute atomic E-state index is 0.281. The van der Waals surface area contributed by atoms with Gasteiger partial charge in [0.1, 0.15) is 10.8 Å². The first kappa shape index (κ1) is 18.5. The topological polar surface area (TPSA) is 107 Å². The molecule has 1 aliphatic heterocycles. The van der Waals surface area contributed by atoms with Crippen molar-refractivity contribution in [1.82, 2.24) is 30.5 Å². The van der Waals surface area contributed by atoms with Crippen molar-refractivity contribution in [3.63, 3.8) is 0 Å². The third-order valence-corrected chi connectivity index (χ3v) is 5.44. The molecule has 3 heterocycles. The van der Waals surface area contributed by atoms with Gasteiger partial charge in [-0.1, -0.05) is 28.7 Å². The summed E-state index contributed by atoms with van der Waals surface area (Å²) < 4.78 is 7.02. The molecule has 0 aliphatic carbocycles. The monoisotopic (exact) mass is 399 g/mol. The van der Waals surface area contributed by atoms with E-state index in [1.54, 1.807) is 18.0 Å². The number of ether oxygens (including phenoxy) is 1. The summed E-state index contributed by atoms with van der Waals surface area (Å²) in [5, 5.41) is 23.7. The van der Waals surface area contributed by atoms with E-state index < -0.39 is 0 Å². The third kappa shape index (κ3) is 4.34. The van der Waals surface area contributed by atoms with Crippen molar-refractivity contribution in [3.8, 4) is 5.75 Å². The van der Waals surface area contributed by atoms with Crippen molar-refractivity contribution < 1.29 is 9.53 Å². The summed E-state index contributed by atoms with van der Waals surface area (Å²) in [6.45, 7) is 1.90. The lowest BCUT2D eigenvalue weighted by atomic mass is 10.1. The zero-order valence-electron chi connectivity index (χ0n) is 15.5. The van der Waals surface area contributed by atoms with Crippen LogP contribution in [0.15, 0.2) is 30.5 Å². The third-order valence-electron chi connectivity index (χ3n) is 4.60. The van der Waals surface area contributed by atoms with Crippen LogP contribution < -0.4 is 15.4 Å². The van der Waals surface area contributed by atoms with Crippen LogP contribution in [0.2, 0.25) is 0 Å². The number of carbonyl (C=O) groups excluding carboxylic acids is 1. The van der Waals surface area contributed by atoms with Gasteiger partial charge in [0.2, 0.25) is 5.13 Å². The van der Waals surface area contributed by atoms with Crippen molar-refractivity contribution >= 4 is 22.4 Å². The van der Waals surface area contributed by atoms with Gasteiger partial charge in [0.05, 0.1) is 19.3 Å². The Kier molecular flexibility index (Phi) is 5.58. The highest BCUT2D eigenvalue weighted by atomic mass is 32.1. The number of amides is 1. The molecule has 1 amide bonds. The first-order valence-corrected chi connectivity index (χ1v) is 9.92. The molecule has 1 fully saturated rings. The summed E-state index contributed by atoms with van der Waals surface area (Å²) in [7, 11) is 1.64. The maximum atomic E-state index is 12.4. The highest BCUT2D eigenvalue weighted by Gasteiger charge is 2.19. The van der Waals surface area contributed by atoms with Crippen LogP contribution in [0.1, 0.15) is 39.9 Å². The fourth-order valence-corrected chi connectivity index (χ4v) is 3.89. The number of methoxy groups -OCH3 is 1. The van der Waals surface area contributed by atoms with Crippen molar-refractivity contribution in [1.29, 1.82) is 0 Å². The van der Waals surface area contributed by atoms with E-state index in [9.17, 15) is 4.79 Å². The van der Waals surface area contributed by atoms with Crippen molar-refractivity contribution in [2.75, 3.05) is 25.5 Å². The molecule has 10 heteroatoms. The van der Waals surface area contributed by atoms with Gasteiger partial charge in [0.25, 0.3) is 5.91 Å². The predicted octanol–water partition coefficient (Wildman–Crippen LogP) is 1.91. The smallest absolute Gasteiger partial charge is 0.279 e. The SMILES string of the molecule is COc1cccc(Cc2nnc(NC(=O)c3cn(C4CCNCC4)nn3)s2)c1. The van der Waals surface area contributed by atoms with Gasteiger partial charge in [0.15, 0.2) is 5.69 Å². The predicted molar refractivity (Wildman–Crippen MR) is 105 cm³/mol. The van der Waals surface area contributed by atoms with Gasteiger partial charge in [0, 0.05) is 6.42 Å². The quantitative estimate of drug-likeness (QED) is 0.652. The molecule has 1 saturated heterocycles. The van der Waals surface area contributed by atoms with E-state index in [-0.39, 0.29) is 17.6 Å². The summed E-state index contributed by atoms with van der Waals surface area (Å²) in [4.78, 5) is 12.4. The number of rotatable bonds is 6. The number of aromatic nitrogens is 5. The zero-order valence-corrected chi connectivity index (χ0v) is 16.3. The lowest BCUT2D eigenvalue weighted by Gasteiger charge is -2.21. The van der Waals surface area contributed by atoms with Gasteiger partial charge in [-0.05, 0) is 43.6 Å². The first-order valence-electron chi connectivity index (χ1n) is 9.10. The molecular weight excluding hydrogens is 378 g/mol. The highest BCUT2D eigenvalue weighted by molar-refractivity contribution is 7.15. The maximum absolute atomic E-state index is 12.4. The van der Waals surface area contributed by atoms with E-state index in [4.69, 9.17) is 4.74 Å². The number of carbonyl (C=O) groups is 1. The van der Waals surface area contributed by atoms with E-state index >= 15 is 0 Å². The Bertz CT molecular complexity index is 949. The molecule has 28 heavy (non-hydrogen) atoms. The summed E-state index contributed by atoms with van der Waals surface area (Å²) in [6, 6.07) is 8.07. The fourth-order valence-electron chi connectivity index (χ4n) is 3.12. The van der Waals surface area contributed by atoms with Crippen LogP contribution in [0.5, 0.6) is 5.75 Å². The molecular formula is C18H21N7O2S. The molecule has 2 aromatic heterocycles. The molecule has 0 spiro atoms. The Labute approximate surface area is 166 Å². The molecule has 3 aromatic rings. The summed E-state index contributed by atoms with van der Waals surface area (Å²) in [5.74, 6) is 0.469. The van der Waals surface area contributed by atoms with Crippen molar-refractivity contribution in [2.24, 2.45) is 0 Å². The van der Waals surface area contributed by atoms with Crippen LogP contribution in [-0.2, 0) is 6.42 Å². The number of piperidine rings is 1. The first-order chi connectivity index (χ1) is 13.7. The minimum atomic E-state index is -0.329. The second kappa shape index (κ2) is 8.44. The average molecular weight is 399 g/mol. The Morgan fingerprint density at radius 3 is 3.00 bits per heavy atom. The highest BCUT2D eigenvalue weighted by Crippen LogP contribution is 2.22. The largest absolute Gasteiger partial charge is 0.497 e. The number of benzene rings is 1. The van der Waals surface area contributed by atoms with Gasteiger partial charge in [-0.15, -0.1) is 15.3 Å². The molecule has 9 nitrogen and oxygen atoms in total. The van der Waals surface area contributed by atoms with E-state index in [2.05, 4.69) is 31.1 Å². The molecule has 4 rings (SSSR count). The van der Waals surface area contributed by atoms with Crippen LogP contribution in [0.4, 0.5) is 5.13 Å². The number of nitrogens with zero attached hydrogens (tertiary/aromatic N) is 5. The van der Waals surface area contributed by atoms with Crippen molar-refractivity contribution in [3.05, 3.63) is 46.7 Å². The van der Waals surface area contributed by atoms with Crippen LogP contribution in [0, 0.1) is 0 Å². The second-order valence-electron chi connectivity index (χ2n) is 6.55. The van der Waals surface area contributed by atoms with Gasteiger partial charge >= 0.3 is 0 Å². The molecule has 0 bridgehead atoms. The van der Waals surface area contributed by atoms with Crippen molar-refractivity contribution in [2.45, 2.75) is 25.3 Å². The van der Waals surface area contributed by atoms with E-state index in [1.165, 1.54) is 11.3 Å². The molecule has 1 aromatic carbocycles. The Morgan fingerprint density at radius 1 is 1.32 bits per heavy atom. The van der Waals surface area contributed by atoms with E-state index in [0.29, 0.717) is 11.6 Å². The van der Waals surface area contributed by atoms with Gasteiger partial charge in [-0.25, -0.2) is 4.68 Å². The molecule has 0 saturated carbocycles. The molecule has 0 unspecified atom stereocenters. The second-order valence-corrected chi connectivity index (χ2v) is 7.61. The van der Waals surface area contributed by atoms with Crippen LogP contribution in [0.25, 0.3) is 0 Å². The Balaban J connectivity index is 1.38. The lowest BCUT2D eigenvalue weighted by Crippen LogP contribution is -2.29. The average Bonchev–Trinajstić information content (AvgIpc) is 3.39. The summed E-state index contributed by atoms with van der Waals surface area (Å²) in [5.41, 5.74) is 1.35. The van der Waals surface area contributed by atoms with E-state index in [1.807, 2.05) is 24.3 Å². The van der Waals surface area contributed by atoms with Crippen LogP contribution in [0.3, 0.4) is 0 Å². The molecule has 2 N–H and O–H groups in total.